The van der Waals surface area contributed by atoms with E-state index in [0.29, 0.717) is 17.8 Å². The first kappa shape index (κ1) is 13.2. The lowest BCUT2D eigenvalue weighted by molar-refractivity contribution is -0.136. The van der Waals surface area contributed by atoms with Crippen LogP contribution in [-0.2, 0) is 11.2 Å². The zero-order valence-electron chi connectivity index (χ0n) is 11.0. The van der Waals surface area contributed by atoms with E-state index >= 15 is 0 Å². The molecule has 0 fully saturated rings. The van der Waals surface area contributed by atoms with Gasteiger partial charge in [0.05, 0.1) is 5.69 Å². The quantitative estimate of drug-likeness (QED) is 0.800. The van der Waals surface area contributed by atoms with Crippen LogP contribution in [0.4, 0.5) is 4.39 Å². The third-order valence-electron chi connectivity index (χ3n) is 3.20. The number of carboxylic acids is 1. The minimum atomic E-state index is -0.879. The molecular formula is C15H12FN3O2. The second kappa shape index (κ2) is 5.32. The molecule has 2 heterocycles. The van der Waals surface area contributed by atoms with Crippen LogP contribution in [0.15, 0.2) is 42.7 Å². The van der Waals surface area contributed by atoms with Crippen molar-refractivity contribution in [3.63, 3.8) is 0 Å². The van der Waals surface area contributed by atoms with Gasteiger partial charge in [-0.1, -0.05) is 0 Å². The number of hydrogen-bond donors (Lipinski definition) is 1. The molecular weight excluding hydrogens is 273 g/mol. The maximum Gasteiger partial charge on any atom is 0.303 e. The molecule has 0 unspecified atom stereocenters. The van der Waals surface area contributed by atoms with Gasteiger partial charge in [-0.2, -0.15) is 5.10 Å². The van der Waals surface area contributed by atoms with Crippen molar-refractivity contribution in [2.75, 3.05) is 0 Å². The zero-order valence-corrected chi connectivity index (χ0v) is 11.0. The summed E-state index contributed by atoms with van der Waals surface area (Å²) in [6.07, 6.45) is 3.70. The van der Waals surface area contributed by atoms with Crippen LogP contribution < -0.4 is 0 Å². The molecule has 2 aromatic heterocycles. The maximum atomic E-state index is 13.0. The minimum Gasteiger partial charge on any atom is -0.481 e. The monoisotopic (exact) mass is 285 g/mol. The predicted molar refractivity (Wildman–Crippen MR) is 74.3 cm³/mol. The summed E-state index contributed by atoms with van der Waals surface area (Å²) in [4.78, 5) is 15.1. The van der Waals surface area contributed by atoms with E-state index in [4.69, 9.17) is 5.11 Å². The molecule has 3 aromatic rings. The molecule has 0 bridgehead atoms. The highest BCUT2D eigenvalue weighted by molar-refractivity contribution is 5.73. The lowest BCUT2D eigenvalue weighted by Gasteiger charge is -2.01. The van der Waals surface area contributed by atoms with Gasteiger partial charge < -0.3 is 5.11 Å². The van der Waals surface area contributed by atoms with Gasteiger partial charge in [-0.05, 0) is 36.8 Å². The van der Waals surface area contributed by atoms with Gasteiger partial charge in [0.25, 0.3) is 0 Å². The fourth-order valence-electron chi connectivity index (χ4n) is 2.24. The minimum absolute atomic E-state index is 0.00782. The largest absolute Gasteiger partial charge is 0.481 e. The molecule has 6 heteroatoms. The summed E-state index contributed by atoms with van der Waals surface area (Å²) in [5, 5.41) is 13.3. The number of hydrogen-bond acceptors (Lipinski definition) is 3. The van der Waals surface area contributed by atoms with Gasteiger partial charge in [0, 0.05) is 29.9 Å². The average molecular weight is 285 g/mol. The Labute approximate surface area is 119 Å². The molecule has 0 radical (unpaired) electrons. The molecule has 0 spiro atoms. The Kier molecular flexibility index (Phi) is 3.35. The lowest BCUT2D eigenvalue weighted by atomic mass is 10.0. The molecule has 1 aromatic carbocycles. The molecule has 1 N–H and O–H groups in total. The van der Waals surface area contributed by atoms with Crippen molar-refractivity contribution in [3.05, 3.63) is 54.1 Å². The fraction of sp³-hybridized carbons (Fsp3) is 0.133. The van der Waals surface area contributed by atoms with E-state index < -0.39 is 5.97 Å². The van der Waals surface area contributed by atoms with Gasteiger partial charge in [-0.3, -0.25) is 4.79 Å². The summed E-state index contributed by atoms with van der Waals surface area (Å²) in [5.74, 6) is -1.21. The lowest BCUT2D eigenvalue weighted by Crippen LogP contribution is -1.99. The third-order valence-corrected chi connectivity index (χ3v) is 3.20. The normalized spacial score (nSPS) is 10.9. The Morgan fingerprint density at radius 2 is 2.05 bits per heavy atom. The Morgan fingerprint density at radius 1 is 1.29 bits per heavy atom. The number of aromatic nitrogens is 3. The SMILES string of the molecule is O=C(O)CCc1c(-c2ccc(F)cc2)nn2cccnc12. The molecule has 0 saturated carbocycles. The van der Waals surface area contributed by atoms with Crippen molar-refractivity contribution in [1.29, 1.82) is 0 Å². The predicted octanol–water partition coefficient (Wildman–Crippen LogP) is 2.55. The number of nitrogens with zero attached hydrogens (tertiary/aromatic N) is 3. The first-order valence-corrected chi connectivity index (χ1v) is 6.45. The van der Waals surface area contributed by atoms with Gasteiger partial charge >= 0.3 is 5.97 Å². The van der Waals surface area contributed by atoms with Crippen LogP contribution in [0.1, 0.15) is 12.0 Å². The van der Waals surface area contributed by atoms with Crippen molar-refractivity contribution in [2.45, 2.75) is 12.8 Å². The van der Waals surface area contributed by atoms with E-state index in [9.17, 15) is 9.18 Å². The molecule has 106 valence electrons. The first-order chi connectivity index (χ1) is 10.1. The zero-order chi connectivity index (χ0) is 14.8. The molecule has 0 amide bonds. The first-order valence-electron chi connectivity index (χ1n) is 6.45. The molecule has 5 nitrogen and oxygen atoms in total. The van der Waals surface area contributed by atoms with Crippen molar-refractivity contribution < 1.29 is 14.3 Å². The second-order valence-corrected chi connectivity index (χ2v) is 4.62. The molecule has 0 aliphatic rings. The number of aliphatic carboxylic acids is 1. The van der Waals surface area contributed by atoms with Gasteiger partial charge in [-0.15, -0.1) is 0 Å². The summed E-state index contributed by atoms with van der Waals surface area (Å²) in [6.45, 7) is 0. The number of aryl methyl sites for hydroxylation is 1. The molecule has 3 rings (SSSR count). The van der Waals surface area contributed by atoms with E-state index in [2.05, 4.69) is 10.1 Å². The van der Waals surface area contributed by atoms with Crippen molar-refractivity contribution >= 4 is 11.6 Å². The van der Waals surface area contributed by atoms with Crippen LogP contribution in [0.3, 0.4) is 0 Å². The highest BCUT2D eigenvalue weighted by Gasteiger charge is 2.16. The summed E-state index contributed by atoms with van der Waals surface area (Å²) in [5.41, 5.74) is 2.75. The van der Waals surface area contributed by atoms with E-state index in [-0.39, 0.29) is 12.2 Å². The van der Waals surface area contributed by atoms with Crippen molar-refractivity contribution in [1.82, 2.24) is 14.6 Å². The van der Waals surface area contributed by atoms with Crippen molar-refractivity contribution in [2.24, 2.45) is 0 Å². The molecule has 0 saturated heterocycles. The number of halogens is 1. The van der Waals surface area contributed by atoms with E-state index in [1.54, 1.807) is 35.1 Å². The Bertz CT molecular complexity index is 796. The molecule has 0 aliphatic carbocycles. The number of rotatable bonds is 4. The Hall–Kier alpha value is -2.76. The second-order valence-electron chi connectivity index (χ2n) is 4.62. The van der Waals surface area contributed by atoms with Gasteiger partial charge in [0.1, 0.15) is 5.82 Å². The topological polar surface area (TPSA) is 67.5 Å². The Morgan fingerprint density at radius 3 is 2.76 bits per heavy atom. The van der Waals surface area contributed by atoms with Crippen molar-refractivity contribution in [3.8, 4) is 11.3 Å². The van der Waals surface area contributed by atoms with Gasteiger partial charge in [0.15, 0.2) is 5.65 Å². The Balaban J connectivity index is 2.13. The summed E-state index contributed by atoms with van der Waals surface area (Å²) < 4.78 is 14.7. The van der Waals surface area contributed by atoms with Crippen LogP contribution in [0.5, 0.6) is 0 Å². The van der Waals surface area contributed by atoms with Crippen LogP contribution in [0.2, 0.25) is 0 Å². The molecule has 21 heavy (non-hydrogen) atoms. The van der Waals surface area contributed by atoms with Crippen LogP contribution in [-0.4, -0.2) is 25.7 Å². The number of carboxylic acid groups (broad SMARTS) is 1. The molecule has 0 atom stereocenters. The summed E-state index contributed by atoms with van der Waals surface area (Å²) in [6, 6.07) is 7.71. The van der Waals surface area contributed by atoms with E-state index in [1.165, 1.54) is 12.1 Å². The van der Waals surface area contributed by atoms with E-state index in [1.807, 2.05) is 0 Å². The van der Waals surface area contributed by atoms with Crippen LogP contribution >= 0.6 is 0 Å². The number of carbonyl (C=O) groups is 1. The maximum absolute atomic E-state index is 13.0. The summed E-state index contributed by atoms with van der Waals surface area (Å²) in [7, 11) is 0. The van der Waals surface area contributed by atoms with Crippen LogP contribution in [0, 0.1) is 5.82 Å². The summed E-state index contributed by atoms with van der Waals surface area (Å²) >= 11 is 0. The standard InChI is InChI=1S/C15H12FN3O2/c16-11-4-2-10(3-5-11)14-12(6-7-13(20)21)15-17-8-1-9-19(15)18-14/h1-5,8-9H,6-7H2,(H,20,21). The highest BCUT2D eigenvalue weighted by Crippen LogP contribution is 2.26. The third kappa shape index (κ3) is 2.60. The van der Waals surface area contributed by atoms with E-state index in [0.717, 1.165) is 11.1 Å². The fourth-order valence-corrected chi connectivity index (χ4v) is 2.24. The average Bonchev–Trinajstić information content (AvgIpc) is 2.84. The number of fused-ring (bicyclic) bond motifs is 1. The van der Waals surface area contributed by atoms with Gasteiger partial charge in [-0.25, -0.2) is 13.9 Å². The van der Waals surface area contributed by atoms with Crippen LogP contribution in [0.25, 0.3) is 16.9 Å². The molecule has 0 aliphatic heterocycles. The van der Waals surface area contributed by atoms with Gasteiger partial charge in [0.2, 0.25) is 0 Å². The highest BCUT2D eigenvalue weighted by atomic mass is 19.1. The number of benzene rings is 1. The smallest absolute Gasteiger partial charge is 0.303 e.